The first-order valence-electron chi connectivity index (χ1n) is 7.12. The van der Waals surface area contributed by atoms with Crippen molar-refractivity contribution in [2.24, 2.45) is 5.41 Å². The van der Waals surface area contributed by atoms with E-state index in [0.29, 0.717) is 18.9 Å². The van der Waals surface area contributed by atoms with Gasteiger partial charge in [-0.05, 0) is 36.8 Å². The van der Waals surface area contributed by atoms with Crippen LogP contribution in [0.5, 0.6) is 11.5 Å². The minimum atomic E-state index is -0.0889. The van der Waals surface area contributed by atoms with Crippen molar-refractivity contribution in [1.29, 1.82) is 0 Å². The first-order valence-corrected chi connectivity index (χ1v) is 7.12. The van der Waals surface area contributed by atoms with Crippen molar-refractivity contribution in [3.8, 4) is 11.5 Å². The van der Waals surface area contributed by atoms with E-state index in [0.717, 1.165) is 11.5 Å². The zero-order valence-electron chi connectivity index (χ0n) is 12.9. The highest BCUT2D eigenvalue weighted by Gasteiger charge is 2.20. The molecule has 0 bridgehead atoms. The average molecular weight is 285 g/mol. The molecule has 2 aromatic carbocycles. The standard InChI is InChI=1S/C18H23NO2/c1-14-6-4-8-16(10-14)20-12-18(2,3)13-21-17-9-5-7-15(19)11-17/h4-11H,12-13,19H2,1-3H3. The normalized spacial score (nSPS) is 11.2. The smallest absolute Gasteiger partial charge is 0.121 e. The molecule has 0 saturated carbocycles. The summed E-state index contributed by atoms with van der Waals surface area (Å²) in [6.07, 6.45) is 0. The maximum atomic E-state index is 5.86. The highest BCUT2D eigenvalue weighted by atomic mass is 16.5. The SMILES string of the molecule is Cc1cccc(OCC(C)(C)COc2cccc(N)c2)c1. The molecule has 0 aliphatic carbocycles. The number of nitrogens with two attached hydrogens (primary N) is 1. The molecule has 21 heavy (non-hydrogen) atoms. The fraction of sp³-hybridized carbons (Fsp3) is 0.333. The molecule has 2 aromatic rings. The molecule has 0 amide bonds. The van der Waals surface area contributed by atoms with Crippen LogP contribution in [0.2, 0.25) is 0 Å². The van der Waals surface area contributed by atoms with Gasteiger partial charge in [-0.25, -0.2) is 0 Å². The predicted octanol–water partition coefficient (Wildman–Crippen LogP) is 4.06. The molecule has 0 aromatic heterocycles. The third-order valence-electron chi connectivity index (χ3n) is 3.11. The van der Waals surface area contributed by atoms with Gasteiger partial charge in [0.2, 0.25) is 0 Å². The van der Waals surface area contributed by atoms with Crippen LogP contribution in [0.25, 0.3) is 0 Å². The van der Waals surface area contributed by atoms with Crippen molar-refractivity contribution < 1.29 is 9.47 Å². The molecular formula is C18H23NO2. The van der Waals surface area contributed by atoms with Crippen molar-refractivity contribution in [3.63, 3.8) is 0 Å². The van der Waals surface area contributed by atoms with Crippen molar-refractivity contribution in [2.45, 2.75) is 20.8 Å². The van der Waals surface area contributed by atoms with Gasteiger partial charge >= 0.3 is 0 Å². The number of ether oxygens (including phenoxy) is 2. The Morgan fingerprint density at radius 3 is 2.05 bits per heavy atom. The van der Waals surface area contributed by atoms with Gasteiger partial charge in [-0.2, -0.15) is 0 Å². The molecule has 0 saturated heterocycles. The van der Waals surface area contributed by atoms with E-state index >= 15 is 0 Å². The van der Waals surface area contributed by atoms with E-state index in [-0.39, 0.29) is 5.41 Å². The Morgan fingerprint density at radius 1 is 0.905 bits per heavy atom. The molecular weight excluding hydrogens is 262 g/mol. The molecule has 2 N–H and O–H groups in total. The lowest BCUT2D eigenvalue weighted by Crippen LogP contribution is -2.28. The average Bonchev–Trinajstić information content (AvgIpc) is 2.44. The summed E-state index contributed by atoms with van der Waals surface area (Å²) in [6.45, 7) is 7.46. The number of nitrogen functional groups attached to an aromatic ring is 1. The summed E-state index contributed by atoms with van der Waals surface area (Å²) in [7, 11) is 0. The summed E-state index contributed by atoms with van der Waals surface area (Å²) < 4.78 is 11.7. The van der Waals surface area contributed by atoms with Crippen molar-refractivity contribution >= 4 is 5.69 Å². The van der Waals surface area contributed by atoms with E-state index in [9.17, 15) is 0 Å². The summed E-state index contributed by atoms with van der Waals surface area (Å²) in [5.41, 5.74) is 7.56. The molecule has 3 heteroatoms. The summed E-state index contributed by atoms with van der Waals surface area (Å²) in [5.74, 6) is 1.69. The second kappa shape index (κ2) is 6.53. The minimum Gasteiger partial charge on any atom is -0.493 e. The topological polar surface area (TPSA) is 44.5 Å². The Bertz CT molecular complexity index is 542. The number of hydrogen-bond donors (Lipinski definition) is 1. The Balaban J connectivity index is 1.87. The second-order valence-corrected chi connectivity index (χ2v) is 6.13. The van der Waals surface area contributed by atoms with Crippen molar-refractivity contribution in [1.82, 2.24) is 0 Å². The molecule has 0 atom stereocenters. The molecule has 0 aliphatic rings. The summed E-state index contributed by atoms with van der Waals surface area (Å²) in [5, 5.41) is 0. The van der Waals surface area contributed by atoms with Gasteiger partial charge in [0.25, 0.3) is 0 Å². The van der Waals surface area contributed by atoms with Gasteiger partial charge in [-0.15, -0.1) is 0 Å². The molecule has 112 valence electrons. The van der Waals surface area contributed by atoms with Crippen LogP contribution in [0.3, 0.4) is 0 Å². The van der Waals surface area contributed by atoms with Crippen LogP contribution < -0.4 is 15.2 Å². The quantitative estimate of drug-likeness (QED) is 0.814. The summed E-state index contributed by atoms with van der Waals surface area (Å²) in [4.78, 5) is 0. The lowest BCUT2D eigenvalue weighted by atomic mass is 9.96. The van der Waals surface area contributed by atoms with Crippen LogP contribution >= 0.6 is 0 Å². The molecule has 3 nitrogen and oxygen atoms in total. The van der Waals surface area contributed by atoms with Gasteiger partial charge in [-0.1, -0.05) is 32.0 Å². The van der Waals surface area contributed by atoms with Gasteiger partial charge in [-0.3, -0.25) is 0 Å². The molecule has 0 unspecified atom stereocenters. The van der Waals surface area contributed by atoms with E-state index in [1.54, 1.807) is 0 Å². The largest absolute Gasteiger partial charge is 0.493 e. The Hall–Kier alpha value is -2.16. The number of aryl methyl sites for hydroxylation is 1. The predicted molar refractivity (Wildman–Crippen MR) is 86.8 cm³/mol. The molecule has 2 rings (SSSR count). The van der Waals surface area contributed by atoms with E-state index in [4.69, 9.17) is 15.2 Å². The maximum Gasteiger partial charge on any atom is 0.121 e. The van der Waals surface area contributed by atoms with E-state index in [1.807, 2.05) is 42.5 Å². The lowest BCUT2D eigenvalue weighted by molar-refractivity contribution is 0.110. The van der Waals surface area contributed by atoms with E-state index in [2.05, 4.69) is 26.8 Å². The highest BCUT2D eigenvalue weighted by Crippen LogP contribution is 2.22. The van der Waals surface area contributed by atoms with Crippen LogP contribution in [0, 0.1) is 12.3 Å². The summed E-state index contributed by atoms with van der Waals surface area (Å²) >= 11 is 0. The molecule has 0 radical (unpaired) electrons. The zero-order chi connectivity index (χ0) is 15.3. The van der Waals surface area contributed by atoms with Crippen LogP contribution in [0.4, 0.5) is 5.69 Å². The molecule has 0 spiro atoms. The van der Waals surface area contributed by atoms with Crippen LogP contribution in [-0.4, -0.2) is 13.2 Å². The second-order valence-electron chi connectivity index (χ2n) is 6.13. The van der Waals surface area contributed by atoms with Gasteiger partial charge in [0, 0.05) is 17.2 Å². The molecule has 0 fully saturated rings. The first kappa shape index (κ1) is 15.2. The van der Waals surface area contributed by atoms with Crippen LogP contribution in [-0.2, 0) is 0 Å². The maximum absolute atomic E-state index is 5.86. The number of rotatable bonds is 6. The fourth-order valence-corrected chi connectivity index (χ4v) is 1.91. The van der Waals surface area contributed by atoms with Crippen LogP contribution in [0.1, 0.15) is 19.4 Å². The first-order chi connectivity index (χ1) is 9.94. The third-order valence-corrected chi connectivity index (χ3v) is 3.11. The van der Waals surface area contributed by atoms with E-state index in [1.165, 1.54) is 5.56 Å². The summed E-state index contributed by atoms with van der Waals surface area (Å²) in [6, 6.07) is 15.5. The number of benzene rings is 2. The Morgan fingerprint density at radius 2 is 1.48 bits per heavy atom. The van der Waals surface area contributed by atoms with Crippen LogP contribution in [0.15, 0.2) is 48.5 Å². The minimum absolute atomic E-state index is 0.0889. The third kappa shape index (κ3) is 5.03. The van der Waals surface area contributed by atoms with E-state index < -0.39 is 0 Å². The van der Waals surface area contributed by atoms with Gasteiger partial charge in [0.05, 0.1) is 13.2 Å². The number of anilines is 1. The number of hydrogen-bond acceptors (Lipinski definition) is 3. The Labute approximate surface area is 126 Å². The highest BCUT2D eigenvalue weighted by molar-refractivity contribution is 5.43. The van der Waals surface area contributed by atoms with Gasteiger partial charge in [0.1, 0.15) is 11.5 Å². The monoisotopic (exact) mass is 285 g/mol. The lowest BCUT2D eigenvalue weighted by Gasteiger charge is -2.25. The zero-order valence-corrected chi connectivity index (χ0v) is 12.9. The van der Waals surface area contributed by atoms with Crippen molar-refractivity contribution in [2.75, 3.05) is 18.9 Å². The Kier molecular flexibility index (Phi) is 4.73. The van der Waals surface area contributed by atoms with Gasteiger partial charge < -0.3 is 15.2 Å². The van der Waals surface area contributed by atoms with Crippen molar-refractivity contribution in [3.05, 3.63) is 54.1 Å². The molecule has 0 heterocycles. The van der Waals surface area contributed by atoms with Gasteiger partial charge in [0.15, 0.2) is 0 Å². The fourth-order valence-electron chi connectivity index (χ4n) is 1.91. The molecule has 0 aliphatic heterocycles.